The number of methoxy groups -OCH3 is 1. The first-order chi connectivity index (χ1) is 7.83. The van der Waals surface area contributed by atoms with Crippen molar-refractivity contribution in [3.63, 3.8) is 0 Å². The number of benzene rings is 1. The smallest absolute Gasteiger partial charge is 0.172 e. The predicted molar refractivity (Wildman–Crippen MR) is 70.2 cm³/mol. The van der Waals surface area contributed by atoms with Gasteiger partial charge in [-0.1, -0.05) is 13.8 Å². The molecule has 17 heavy (non-hydrogen) atoms. The molecule has 0 spiro atoms. The van der Waals surface area contributed by atoms with Crippen molar-refractivity contribution in [2.24, 2.45) is 11.1 Å². The van der Waals surface area contributed by atoms with Crippen LogP contribution in [0.15, 0.2) is 16.6 Å². The van der Waals surface area contributed by atoms with Gasteiger partial charge in [-0.3, -0.25) is 0 Å². The molecule has 0 fully saturated rings. The Labute approximate surface area is 110 Å². The van der Waals surface area contributed by atoms with E-state index in [1.807, 2.05) is 13.8 Å². The summed E-state index contributed by atoms with van der Waals surface area (Å²) in [5, 5.41) is 19.0. The minimum atomic E-state index is -0.443. The largest absolute Gasteiger partial charge is 0.503 e. The first-order valence-corrected chi connectivity index (χ1v) is 6.05. The number of halogens is 1. The van der Waals surface area contributed by atoms with E-state index in [1.54, 1.807) is 12.1 Å². The molecule has 0 aliphatic rings. The van der Waals surface area contributed by atoms with E-state index >= 15 is 0 Å². The lowest BCUT2D eigenvalue weighted by molar-refractivity contribution is 0.132. The van der Waals surface area contributed by atoms with Crippen molar-refractivity contribution >= 4 is 15.9 Å². The van der Waals surface area contributed by atoms with E-state index in [-0.39, 0.29) is 18.4 Å². The molecule has 4 nitrogen and oxygen atoms in total. The summed E-state index contributed by atoms with van der Waals surface area (Å²) < 4.78 is 5.59. The van der Waals surface area contributed by atoms with Crippen LogP contribution in [-0.2, 0) is 0 Å². The van der Waals surface area contributed by atoms with Crippen LogP contribution < -0.4 is 10.5 Å². The van der Waals surface area contributed by atoms with E-state index in [0.717, 1.165) is 5.56 Å². The summed E-state index contributed by atoms with van der Waals surface area (Å²) in [6, 6.07) is 3.07. The Morgan fingerprint density at radius 3 is 2.53 bits per heavy atom. The number of rotatable bonds is 4. The van der Waals surface area contributed by atoms with Crippen molar-refractivity contribution in [3.05, 3.63) is 22.2 Å². The topological polar surface area (TPSA) is 75.7 Å². The number of aliphatic hydroxyl groups excluding tert-OH is 1. The van der Waals surface area contributed by atoms with Crippen LogP contribution >= 0.6 is 15.9 Å². The fourth-order valence-electron chi connectivity index (χ4n) is 1.48. The van der Waals surface area contributed by atoms with Gasteiger partial charge in [-0.25, -0.2) is 0 Å². The Morgan fingerprint density at radius 2 is 2.06 bits per heavy atom. The Morgan fingerprint density at radius 1 is 1.47 bits per heavy atom. The molecule has 96 valence electrons. The lowest BCUT2D eigenvalue weighted by Gasteiger charge is -2.30. The molecular formula is C12H18BrNO3. The van der Waals surface area contributed by atoms with Crippen molar-refractivity contribution in [2.75, 3.05) is 13.7 Å². The molecule has 0 aliphatic carbocycles. The summed E-state index contributed by atoms with van der Waals surface area (Å²) >= 11 is 3.25. The van der Waals surface area contributed by atoms with Crippen LogP contribution in [0.1, 0.15) is 25.5 Å². The van der Waals surface area contributed by atoms with Crippen LogP contribution in [0.2, 0.25) is 0 Å². The maximum absolute atomic E-state index is 9.70. The summed E-state index contributed by atoms with van der Waals surface area (Å²) in [6.45, 7) is 3.74. The molecule has 0 heterocycles. The molecule has 0 unspecified atom stereocenters. The normalized spacial score (nSPS) is 13.5. The van der Waals surface area contributed by atoms with Crippen molar-refractivity contribution in [3.8, 4) is 11.5 Å². The van der Waals surface area contributed by atoms with Crippen LogP contribution in [0.5, 0.6) is 11.5 Å². The summed E-state index contributed by atoms with van der Waals surface area (Å²) in [5.41, 5.74) is 6.46. The minimum Gasteiger partial charge on any atom is -0.503 e. The third kappa shape index (κ3) is 2.91. The molecule has 0 radical (unpaired) electrons. The number of phenolic OH excluding ortho intramolecular Hbond substituents is 1. The number of nitrogens with two attached hydrogens (primary N) is 1. The van der Waals surface area contributed by atoms with Crippen LogP contribution in [0.25, 0.3) is 0 Å². The van der Waals surface area contributed by atoms with Gasteiger partial charge in [-0.15, -0.1) is 0 Å². The lowest BCUT2D eigenvalue weighted by atomic mass is 9.82. The van der Waals surface area contributed by atoms with Crippen molar-refractivity contribution in [2.45, 2.75) is 19.9 Å². The van der Waals surface area contributed by atoms with Crippen LogP contribution in [0.3, 0.4) is 0 Å². The third-order valence-electron chi connectivity index (χ3n) is 2.88. The molecule has 1 aromatic carbocycles. The number of hydrogen-bond donors (Lipinski definition) is 3. The van der Waals surface area contributed by atoms with E-state index in [0.29, 0.717) is 10.2 Å². The maximum Gasteiger partial charge on any atom is 0.172 e. The Hall–Kier alpha value is -0.780. The van der Waals surface area contributed by atoms with Crippen molar-refractivity contribution < 1.29 is 14.9 Å². The fraction of sp³-hybridized carbons (Fsp3) is 0.500. The summed E-state index contributed by atoms with van der Waals surface area (Å²) in [6.07, 6.45) is 0. The third-order valence-corrected chi connectivity index (χ3v) is 3.48. The van der Waals surface area contributed by atoms with Crippen LogP contribution in [0.4, 0.5) is 0 Å². The standard InChI is InChI=1S/C12H18BrNO3/c1-12(2,6-15)11(14)7-4-8(13)10(16)9(5-7)17-3/h4-5,11,15-16H,6,14H2,1-3H3/t11-/m0/s1. The highest BCUT2D eigenvalue weighted by molar-refractivity contribution is 9.10. The monoisotopic (exact) mass is 303 g/mol. The highest BCUT2D eigenvalue weighted by atomic mass is 79.9. The second-order valence-corrected chi connectivity index (χ2v) is 5.53. The Kier molecular flexibility index (Phi) is 4.41. The highest BCUT2D eigenvalue weighted by Gasteiger charge is 2.28. The summed E-state index contributed by atoms with van der Waals surface area (Å²) in [4.78, 5) is 0. The molecule has 0 aromatic heterocycles. The van der Waals surface area contributed by atoms with Gasteiger partial charge < -0.3 is 20.7 Å². The Balaban J connectivity index is 3.20. The second kappa shape index (κ2) is 5.25. The molecule has 1 rings (SSSR count). The lowest BCUT2D eigenvalue weighted by Crippen LogP contribution is -2.32. The number of phenols is 1. The second-order valence-electron chi connectivity index (χ2n) is 4.68. The SMILES string of the molecule is COc1cc([C@H](N)C(C)(C)CO)cc(Br)c1O. The van der Waals surface area contributed by atoms with Crippen LogP contribution in [0, 0.1) is 5.41 Å². The molecule has 0 bridgehead atoms. The minimum absolute atomic E-state index is 0.0189. The molecule has 0 aliphatic heterocycles. The zero-order chi connectivity index (χ0) is 13.2. The van der Waals surface area contributed by atoms with Crippen LogP contribution in [-0.4, -0.2) is 23.9 Å². The summed E-state index contributed by atoms with van der Waals surface area (Å²) in [7, 11) is 1.48. The molecule has 0 saturated carbocycles. The molecule has 1 atom stereocenters. The van der Waals surface area contributed by atoms with E-state index in [1.165, 1.54) is 7.11 Å². The average molecular weight is 304 g/mol. The number of aromatic hydroxyl groups is 1. The van der Waals surface area contributed by atoms with Gasteiger partial charge in [0.1, 0.15) is 0 Å². The first kappa shape index (κ1) is 14.3. The van der Waals surface area contributed by atoms with E-state index in [2.05, 4.69) is 15.9 Å². The maximum atomic E-state index is 9.70. The number of aliphatic hydroxyl groups is 1. The van der Waals surface area contributed by atoms with Gasteiger partial charge in [0.05, 0.1) is 11.6 Å². The number of ether oxygens (including phenoxy) is 1. The van der Waals surface area contributed by atoms with Gasteiger partial charge in [0.25, 0.3) is 0 Å². The quantitative estimate of drug-likeness (QED) is 0.797. The average Bonchev–Trinajstić information content (AvgIpc) is 2.31. The first-order valence-electron chi connectivity index (χ1n) is 5.26. The van der Waals surface area contributed by atoms with E-state index in [9.17, 15) is 10.2 Å². The zero-order valence-corrected chi connectivity index (χ0v) is 11.8. The molecular weight excluding hydrogens is 286 g/mol. The zero-order valence-electron chi connectivity index (χ0n) is 10.2. The van der Waals surface area contributed by atoms with E-state index in [4.69, 9.17) is 10.5 Å². The molecule has 0 saturated heterocycles. The number of hydrogen-bond acceptors (Lipinski definition) is 4. The van der Waals surface area contributed by atoms with Gasteiger partial charge in [0.2, 0.25) is 0 Å². The molecule has 0 amide bonds. The molecule has 5 heteroatoms. The van der Waals surface area contributed by atoms with Crippen molar-refractivity contribution in [1.82, 2.24) is 0 Å². The van der Waals surface area contributed by atoms with Gasteiger partial charge >= 0.3 is 0 Å². The van der Waals surface area contributed by atoms with Gasteiger partial charge in [0, 0.05) is 18.1 Å². The summed E-state index contributed by atoms with van der Waals surface area (Å²) in [5.74, 6) is 0.406. The molecule has 1 aromatic rings. The van der Waals surface area contributed by atoms with Gasteiger partial charge in [-0.05, 0) is 33.6 Å². The van der Waals surface area contributed by atoms with Crippen molar-refractivity contribution in [1.29, 1.82) is 0 Å². The fourth-order valence-corrected chi connectivity index (χ4v) is 1.94. The molecule has 4 N–H and O–H groups in total. The van der Waals surface area contributed by atoms with E-state index < -0.39 is 5.41 Å². The highest BCUT2D eigenvalue weighted by Crippen LogP contribution is 2.40. The predicted octanol–water partition coefficient (Wildman–Crippen LogP) is 2.18. The van der Waals surface area contributed by atoms with Gasteiger partial charge in [0.15, 0.2) is 11.5 Å². The van der Waals surface area contributed by atoms with Gasteiger partial charge in [-0.2, -0.15) is 0 Å². The Bertz CT molecular complexity index is 407.